The molecule has 5 heteroatoms. The normalized spacial score (nSPS) is 43.0. The summed E-state index contributed by atoms with van der Waals surface area (Å²) >= 11 is 0. The summed E-state index contributed by atoms with van der Waals surface area (Å²) in [7, 11) is 1.70. The molecule has 3 rings (SSSR count). The molecule has 0 saturated carbocycles. The molecule has 0 spiro atoms. The maximum absolute atomic E-state index is 12.6. The molecule has 0 aromatic rings. The lowest BCUT2D eigenvalue weighted by Crippen LogP contribution is -2.44. The Hall–Kier alpha value is -1.17. The van der Waals surface area contributed by atoms with E-state index in [1.165, 1.54) is 5.57 Å². The molecular formula is C21H32O5. The van der Waals surface area contributed by atoms with E-state index in [0.717, 1.165) is 12.8 Å². The first kappa shape index (κ1) is 19.6. The Morgan fingerprint density at radius 1 is 1.31 bits per heavy atom. The number of carbonyl (C=O) groups is 1. The van der Waals surface area contributed by atoms with Crippen molar-refractivity contribution in [2.75, 3.05) is 7.11 Å². The second-order valence-corrected chi connectivity index (χ2v) is 8.56. The first-order valence-electron chi connectivity index (χ1n) is 9.71. The maximum atomic E-state index is 12.6. The Bertz CT molecular complexity index is 622. The van der Waals surface area contributed by atoms with Gasteiger partial charge in [-0.05, 0) is 45.4 Å². The first-order valence-corrected chi connectivity index (χ1v) is 9.71. The van der Waals surface area contributed by atoms with E-state index in [1.807, 2.05) is 19.9 Å². The predicted molar refractivity (Wildman–Crippen MR) is 98.7 cm³/mol. The fourth-order valence-corrected chi connectivity index (χ4v) is 4.15. The largest absolute Gasteiger partial charge is 0.453 e. The van der Waals surface area contributed by atoms with E-state index in [-0.39, 0.29) is 18.2 Å². The fraction of sp³-hybridized carbons (Fsp3) is 0.762. The summed E-state index contributed by atoms with van der Waals surface area (Å²) in [5.74, 6) is 0.0611. The molecule has 0 radical (unpaired) electrons. The van der Waals surface area contributed by atoms with Gasteiger partial charge in [0.15, 0.2) is 0 Å². The second-order valence-electron chi connectivity index (χ2n) is 8.56. The molecule has 3 aliphatic rings. The molecule has 5 atom stereocenters. The van der Waals surface area contributed by atoms with Crippen molar-refractivity contribution in [1.82, 2.24) is 0 Å². The number of allylic oxidation sites excluding steroid dienone is 2. The van der Waals surface area contributed by atoms with E-state index < -0.39 is 17.3 Å². The monoisotopic (exact) mass is 364 g/mol. The van der Waals surface area contributed by atoms with Crippen LogP contribution in [0.3, 0.4) is 0 Å². The third-order valence-electron chi connectivity index (χ3n) is 6.35. The summed E-state index contributed by atoms with van der Waals surface area (Å²) in [6.07, 6.45) is 6.31. The highest BCUT2D eigenvalue weighted by molar-refractivity contribution is 5.89. The summed E-state index contributed by atoms with van der Waals surface area (Å²) in [5.41, 5.74) is 0.645. The van der Waals surface area contributed by atoms with Gasteiger partial charge in [0.25, 0.3) is 0 Å². The van der Waals surface area contributed by atoms with Gasteiger partial charge < -0.3 is 19.3 Å². The van der Waals surface area contributed by atoms with Gasteiger partial charge in [0.05, 0.1) is 12.2 Å². The van der Waals surface area contributed by atoms with E-state index in [9.17, 15) is 9.90 Å². The van der Waals surface area contributed by atoms with Crippen molar-refractivity contribution in [3.05, 3.63) is 23.3 Å². The molecule has 146 valence electrons. The van der Waals surface area contributed by atoms with Gasteiger partial charge in [-0.3, -0.25) is 0 Å². The van der Waals surface area contributed by atoms with Crippen LogP contribution in [0, 0.1) is 5.92 Å². The first-order chi connectivity index (χ1) is 12.2. The molecule has 1 saturated heterocycles. The number of ether oxygens (including phenoxy) is 3. The van der Waals surface area contributed by atoms with E-state index in [0.29, 0.717) is 30.8 Å². The zero-order valence-electron chi connectivity index (χ0n) is 16.6. The minimum atomic E-state index is -0.882. The Morgan fingerprint density at radius 3 is 2.69 bits per heavy atom. The van der Waals surface area contributed by atoms with E-state index in [4.69, 9.17) is 14.2 Å². The average Bonchev–Trinajstić information content (AvgIpc) is 3.24. The lowest BCUT2D eigenvalue weighted by Gasteiger charge is -2.33. The Kier molecular flexibility index (Phi) is 5.35. The average molecular weight is 364 g/mol. The smallest absolute Gasteiger partial charge is 0.334 e. The van der Waals surface area contributed by atoms with Crippen molar-refractivity contribution in [1.29, 1.82) is 0 Å². The lowest BCUT2D eigenvalue weighted by molar-refractivity contribution is -0.167. The van der Waals surface area contributed by atoms with Crippen LogP contribution < -0.4 is 0 Å². The summed E-state index contributed by atoms with van der Waals surface area (Å²) < 4.78 is 17.5. The molecule has 0 amide bonds. The van der Waals surface area contributed by atoms with Crippen molar-refractivity contribution in [3.8, 4) is 0 Å². The fourth-order valence-electron chi connectivity index (χ4n) is 4.15. The molecule has 26 heavy (non-hydrogen) atoms. The Morgan fingerprint density at radius 2 is 2.04 bits per heavy atom. The van der Waals surface area contributed by atoms with Gasteiger partial charge in [0, 0.05) is 19.1 Å². The molecule has 3 aliphatic heterocycles. The molecular weight excluding hydrogens is 332 g/mol. The number of aliphatic hydroxyl groups is 1. The van der Waals surface area contributed by atoms with Crippen molar-refractivity contribution in [3.63, 3.8) is 0 Å². The van der Waals surface area contributed by atoms with Gasteiger partial charge in [-0.15, -0.1) is 0 Å². The van der Waals surface area contributed by atoms with Crippen LogP contribution in [0.4, 0.5) is 0 Å². The highest BCUT2D eigenvalue weighted by Gasteiger charge is 2.59. The third kappa shape index (κ3) is 3.62. The van der Waals surface area contributed by atoms with Crippen LogP contribution in [0.15, 0.2) is 23.3 Å². The molecule has 0 aromatic heterocycles. The van der Waals surface area contributed by atoms with Crippen LogP contribution in [-0.2, 0) is 19.0 Å². The molecule has 1 N–H and O–H groups in total. The molecule has 2 bridgehead atoms. The maximum Gasteiger partial charge on any atom is 0.334 e. The number of aliphatic hydroxyl groups excluding tert-OH is 1. The summed E-state index contributed by atoms with van der Waals surface area (Å²) in [5, 5.41) is 10.8. The van der Waals surface area contributed by atoms with Crippen molar-refractivity contribution in [2.24, 2.45) is 5.92 Å². The summed E-state index contributed by atoms with van der Waals surface area (Å²) in [4.78, 5) is 12.6. The van der Waals surface area contributed by atoms with Crippen LogP contribution in [0.1, 0.15) is 59.8 Å². The van der Waals surface area contributed by atoms with E-state index in [2.05, 4.69) is 19.9 Å². The minimum Gasteiger partial charge on any atom is -0.453 e. The summed E-state index contributed by atoms with van der Waals surface area (Å²) in [6, 6.07) is 0. The van der Waals surface area contributed by atoms with Crippen molar-refractivity contribution < 1.29 is 24.1 Å². The molecule has 0 aromatic carbocycles. The third-order valence-corrected chi connectivity index (χ3v) is 6.35. The molecule has 3 heterocycles. The number of methoxy groups -OCH3 is 1. The number of rotatable bonds is 2. The van der Waals surface area contributed by atoms with E-state index >= 15 is 0 Å². The predicted octanol–water partition coefficient (Wildman–Crippen LogP) is 3.31. The van der Waals surface area contributed by atoms with Gasteiger partial charge in [-0.1, -0.05) is 31.6 Å². The van der Waals surface area contributed by atoms with Gasteiger partial charge in [-0.2, -0.15) is 0 Å². The number of hydrogen-bond acceptors (Lipinski definition) is 5. The number of hydrogen-bond donors (Lipinski definition) is 1. The topological polar surface area (TPSA) is 68.3 Å². The van der Waals surface area contributed by atoms with Crippen LogP contribution in [-0.4, -0.2) is 47.7 Å². The van der Waals surface area contributed by atoms with Gasteiger partial charge in [-0.25, -0.2) is 4.79 Å². The SMILES string of the molecule is CO[C@@H]1/C=C(/C(C)C)CCC2=CCC[C@@](C)(OC2=O)[C@H](O)C[C@H]2O[C@@]12C. The number of carbonyl (C=O) groups excluding carboxylic acids is 1. The highest BCUT2D eigenvalue weighted by atomic mass is 16.6. The Labute approximate surface area is 156 Å². The number of esters is 1. The van der Waals surface area contributed by atoms with Gasteiger partial charge in [0.2, 0.25) is 0 Å². The molecule has 0 unspecified atom stereocenters. The van der Waals surface area contributed by atoms with Crippen LogP contribution in [0.5, 0.6) is 0 Å². The van der Waals surface area contributed by atoms with Crippen molar-refractivity contribution >= 4 is 5.97 Å². The van der Waals surface area contributed by atoms with Crippen LogP contribution in [0.25, 0.3) is 0 Å². The quantitative estimate of drug-likeness (QED) is 0.462. The van der Waals surface area contributed by atoms with E-state index in [1.54, 1.807) is 7.11 Å². The van der Waals surface area contributed by atoms with Crippen LogP contribution >= 0.6 is 0 Å². The molecule has 5 nitrogen and oxygen atoms in total. The zero-order chi connectivity index (χ0) is 19.1. The van der Waals surface area contributed by atoms with Crippen molar-refractivity contribution in [2.45, 2.75) is 89.3 Å². The molecule has 1 fully saturated rings. The number of fused-ring (bicyclic) bond motifs is 4. The molecule has 0 aliphatic carbocycles. The van der Waals surface area contributed by atoms with Gasteiger partial charge in [0.1, 0.15) is 17.3 Å². The zero-order valence-corrected chi connectivity index (χ0v) is 16.6. The lowest BCUT2D eigenvalue weighted by atomic mass is 9.86. The highest BCUT2D eigenvalue weighted by Crippen LogP contribution is 2.46. The second kappa shape index (κ2) is 7.10. The Balaban J connectivity index is 1.96. The van der Waals surface area contributed by atoms with Gasteiger partial charge >= 0.3 is 5.97 Å². The van der Waals surface area contributed by atoms with Crippen LogP contribution in [0.2, 0.25) is 0 Å². The number of epoxide rings is 1. The minimum absolute atomic E-state index is 0.112. The summed E-state index contributed by atoms with van der Waals surface area (Å²) in [6.45, 7) is 8.18. The standard InChI is InChI=1S/C21H32O5/c1-13(2)15-9-8-14-7-6-10-20(3,26-19(14)23)16(22)12-18-21(4,25-18)17(11-15)24-5/h7,11,13,16-18,22H,6,8-10,12H2,1-5H3/b15-11+/t16-,17-,18-,20-,21+/m1/s1.